The third-order valence-corrected chi connectivity index (χ3v) is 5.29. The van der Waals surface area contributed by atoms with E-state index in [-0.39, 0.29) is 47.5 Å². The summed E-state index contributed by atoms with van der Waals surface area (Å²) in [5.74, 6) is -0.352. The first kappa shape index (κ1) is 21.5. The van der Waals surface area contributed by atoms with Crippen molar-refractivity contribution < 1.29 is 18.8 Å². The van der Waals surface area contributed by atoms with E-state index in [1.165, 1.54) is 30.3 Å². The summed E-state index contributed by atoms with van der Waals surface area (Å²) >= 11 is 0. The van der Waals surface area contributed by atoms with Crippen molar-refractivity contribution in [3.8, 4) is 5.75 Å². The summed E-state index contributed by atoms with van der Waals surface area (Å²) < 4.78 is 18.6. The number of carbonyl (C=O) groups excluding carboxylic acids is 1. The molecule has 160 valence electrons. The number of hydrogen-bond acceptors (Lipinski definition) is 6. The predicted octanol–water partition coefficient (Wildman–Crippen LogP) is 2.82. The lowest BCUT2D eigenvalue weighted by Crippen LogP contribution is -2.58. The first-order valence-electron chi connectivity index (χ1n) is 9.69. The van der Waals surface area contributed by atoms with Crippen LogP contribution in [0.2, 0.25) is 0 Å². The van der Waals surface area contributed by atoms with Crippen LogP contribution in [0.4, 0.5) is 15.8 Å². The molecule has 0 aromatic heterocycles. The first-order chi connectivity index (χ1) is 14.2. The number of ether oxygens (including phenoxy) is 1. The Kier molecular flexibility index (Phi) is 6.51. The summed E-state index contributed by atoms with van der Waals surface area (Å²) in [6.45, 7) is 5.62. The standard InChI is InChI=1S/C21H25FN4O4/c1-14-11-25(15(2)10-24(14)12-16-3-5-17(22)6-4-16)21(27)13-30-20-9-18(26(28)29)7-8-19(20)23/h3-9,14-15H,10-13,23H2,1-2H3/t14-,15+/m1/s1. The molecule has 0 aliphatic carbocycles. The van der Waals surface area contributed by atoms with Crippen LogP contribution in [0.5, 0.6) is 5.75 Å². The summed E-state index contributed by atoms with van der Waals surface area (Å²) in [5, 5.41) is 10.9. The number of hydrogen-bond donors (Lipinski definition) is 1. The lowest BCUT2D eigenvalue weighted by Gasteiger charge is -2.44. The van der Waals surface area contributed by atoms with Crippen LogP contribution in [-0.4, -0.2) is 52.4 Å². The van der Waals surface area contributed by atoms with Crippen molar-refractivity contribution in [1.82, 2.24) is 9.80 Å². The second kappa shape index (κ2) is 9.08. The van der Waals surface area contributed by atoms with Gasteiger partial charge in [0.15, 0.2) is 6.61 Å². The Morgan fingerprint density at radius 2 is 1.90 bits per heavy atom. The number of anilines is 1. The van der Waals surface area contributed by atoms with Gasteiger partial charge in [0.05, 0.1) is 16.7 Å². The van der Waals surface area contributed by atoms with Gasteiger partial charge in [-0.1, -0.05) is 12.1 Å². The maximum atomic E-state index is 13.1. The van der Waals surface area contributed by atoms with Crippen LogP contribution in [0, 0.1) is 15.9 Å². The molecule has 0 saturated carbocycles. The molecule has 2 aromatic carbocycles. The van der Waals surface area contributed by atoms with Crippen molar-refractivity contribution in [2.45, 2.75) is 32.5 Å². The third kappa shape index (κ3) is 5.04. The number of nitrogen functional groups attached to an aromatic ring is 1. The first-order valence-corrected chi connectivity index (χ1v) is 9.69. The van der Waals surface area contributed by atoms with Crippen molar-refractivity contribution in [2.24, 2.45) is 0 Å². The second-order valence-corrected chi connectivity index (χ2v) is 7.57. The zero-order valence-electron chi connectivity index (χ0n) is 17.0. The van der Waals surface area contributed by atoms with E-state index in [9.17, 15) is 19.3 Å². The fourth-order valence-corrected chi connectivity index (χ4v) is 3.57. The molecule has 2 aromatic rings. The van der Waals surface area contributed by atoms with Gasteiger partial charge in [-0.15, -0.1) is 0 Å². The second-order valence-electron chi connectivity index (χ2n) is 7.57. The maximum Gasteiger partial charge on any atom is 0.273 e. The SMILES string of the molecule is C[C@@H]1CN(C(=O)COc2cc([N+](=O)[O-])ccc2N)[C@@H](C)CN1Cc1ccc(F)cc1. The molecule has 1 saturated heterocycles. The highest BCUT2D eigenvalue weighted by Crippen LogP contribution is 2.27. The minimum Gasteiger partial charge on any atom is -0.481 e. The van der Waals surface area contributed by atoms with Gasteiger partial charge < -0.3 is 15.4 Å². The normalized spacial score (nSPS) is 19.5. The number of carbonyl (C=O) groups is 1. The minimum atomic E-state index is -0.543. The van der Waals surface area contributed by atoms with E-state index in [1.54, 1.807) is 17.0 Å². The molecule has 0 unspecified atom stereocenters. The predicted molar refractivity (Wildman–Crippen MR) is 110 cm³/mol. The molecule has 1 fully saturated rings. The van der Waals surface area contributed by atoms with E-state index < -0.39 is 4.92 Å². The Balaban J connectivity index is 1.59. The monoisotopic (exact) mass is 416 g/mol. The molecule has 3 rings (SSSR count). The van der Waals surface area contributed by atoms with Crippen LogP contribution in [-0.2, 0) is 11.3 Å². The molecule has 1 amide bonds. The molecule has 30 heavy (non-hydrogen) atoms. The van der Waals surface area contributed by atoms with Gasteiger partial charge >= 0.3 is 0 Å². The van der Waals surface area contributed by atoms with E-state index in [1.807, 2.05) is 13.8 Å². The average Bonchev–Trinajstić information content (AvgIpc) is 2.71. The minimum absolute atomic E-state index is 0.0415. The molecular weight excluding hydrogens is 391 g/mol. The molecule has 1 heterocycles. The number of nitrogens with two attached hydrogens (primary N) is 1. The van der Waals surface area contributed by atoms with Gasteiger partial charge in [-0.25, -0.2) is 4.39 Å². The van der Waals surface area contributed by atoms with Gasteiger partial charge in [-0.3, -0.25) is 19.8 Å². The lowest BCUT2D eigenvalue weighted by molar-refractivity contribution is -0.384. The summed E-state index contributed by atoms with van der Waals surface area (Å²) in [5.41, 5.74) is 6.90. The molecule has 0 spiro atoms. The van der Waals surface area contributed by atoms with Crippen LogP contribution in [0.3, 0.4) is 0 Å². The van der Waals surface area contributed by atoms with Crippen molar-refractivity contribution in [1.29, 1.82) is 0 Å². The highest BCUT2D eigenvalue weighted by molar-refractivity contribution is 5.78. The van der Waals surface area contributed by atoms with Crippen LogP contribution in [0.15, 0.2) is 42.5 Å². The topological polar surface area (TPSA) is 102 Å². The summed E-state index contributed by atoms with van der Waals surface area (Å²) in [7, 11) is 0. The van der Waals surface area contributed by atoms with Crippen molar-refractivity contribution in [2.75, 3.05) is 25.4 Å². The number of amides is 1. The Hall–Kier alpha value is -3.20. The van der Waals surface area contributed by atoms with Gasteiger partial charge in [0, 0.05) is 37.8 Å². The zero-order valence-corrected chi connectivity index (χ0v) is 17.0. The van der Waals surface area contributed by atoms with Crippen LogP contribution in [0.25, 0.3) is 0 Å². The Morgan fingerprint density at radius 3 is 2.57 bits per heavy atom. The number of halogens is 1. The van der Waals surface area contributed by atoms with Gasteiger partial charge in [0.2, 0.25) is 0 Å². The summed E-state index contributed by atoms with van der Waals surface area (Å²) in [6, 6.07) is 10.4. The Bertz CT molecular complexity index is 922. The number of nitro benzene ring substituents is 1. The molecule has 0 bridgehead atoms. The molecular formula is C21H25FN4O4. The van der Waals surface area contributed by atoms with Crippen molar-refractivity contribution >= 4 is 17.3 Å². The van der Waals surface area contributed by atoms with Gasteiger partial charge in [0.1, 0.15) is 11.6 Å². The quantitative estimate of drug-likeness (QED) is 0.441. The smallest absolute Gasteiger partial charge is 0.273 e. The van der Waals surface area contributed by atoms with E-state index in [0.29, 0.717) is 19.6 Å². The lowest BCUT2D eigenvalue weighted by atomic mass is 10.1. The van der Waals surface area contributed by atoms with Crippen LogP contribution >= 0.6 is 0 Å². The van der Waals surface area contributed by atoms with Gasteiger partial charge in [-0.2, -0.15) is 0 Å². The number of nitrogens with zero attached hydrogens (tertiary/aromatic N) is 3. The largest absolute Gasteiger partial charge is 0.481 e. The highest BCUT2D eigenvalue weighted by atomic mass is 19.1. The van der Waals surface area contributed by atoms with Crippen molar-refractivity contribution in [3.63, 3.8) is 0 Å². The van der Waals surface area contributed by atoms with Gasteiger partial charge in [0.25, 0.3) is 11.6 Å². The molecule has 8 nitrogen and oxygen atoms in total. The Morgan fingerprint density at radius 1 is 1.20 bits per heavy atom. The maximum absolute atomic E-state index is 13.1. The fraction of sp³-hybridized carbons (Fsp3) is 0.381. The van der Waals surface area contributed by atoms with E-state index in [4.69, 9.17) is 10.5 Å². The fourth-order valence-electron chi connectivity index (χ4n) is 3.57. The number of non-ortho nitro benzene ring substituents is 1. The van der Waals surface area contributed by atoms with E-state index in [2.05, 4.69) is 4.90 Å². The van der Waals surface area contributed by atoms with Crippen LogP contribution in [0.1, 0.15) is 19.4 Å². The molecule has 1 aliphatic heterocycles. The molecule has 9 heteroatoms. The number of rotatable bonds is 6. The molecule has 0 radical (unpaired) electrons. The molecule has 1 aliphatic rings. The summed E-state index contributed by atoms with van der Waals surface area (Å²) in [4.78, 5) is 27.1. The third-order valence-electron chi connectivity index (χ3n) is 5.29. The summed E-state index contributed by atoms with van der Waals surface area (Å²) in [6.07, 6.45) is 0. The van der Waals surface area contributed by atoms with Gasteiger partial charge in [-0.05, 0) is 37.6 Å². The molecule has 2 N–H and O–H groups in total. The van der Waals surface area contributed by atoms with E-state index in [0.717, 1.165) is 5.56 Å². The average molecular weight is 416 g/mol. The number of benzene rings is 2. The van der Waals surface area contributed by atoms with Crippen molar-refractivity contribution in [3.05, 3.63) is 64.0 Å². The highest BCUT2D eigenvalue weighted by Gasteiger charge is 2.32. The number of piperazine rings is 1. The molecule has 2 atom stereocenters. The zero-order chi connectivity index (χ0) is 21.8. The van der Waals surface area contributed by atoms with Crippen LogP contribution < -0.4 is 10.5 Å². The van der Waals surface area contributed by atoms with E-state index >= 15 is 0 Å². The Labute approximate surface area is 174 Å². The number of nitro groups is 1.